The number of fused-ring (bicyclic) bond motifs is 1. The van der Waals surface area contributed by atoms with E-state index in [9.17, 15) is 8.42 Å². The molecule has 22 heavy (non-hydrogen) atoms. The van der Waals surface area contributed by atoms with Crippen molar-refractivity contribution in [3.05, 3.63) is 35.0 Å². The number of pyridine rings is 1. The third-order valence-corrected chi connectivity index (χ3v) is 5.33. The molecule has 0 bridgehead atoms. The number of hydrogen-bond donors (Lipinski definition) is 2. The van der Waals surface area contributed by atoms with Gasteiger partial charge in [-0.1, -0.05) is 11.6 Å². The summed E-state index contributed by atoms with van der Waals surface area (Å²) in [6.45, 7) is 2.46. The third-order valence-electron chi connectivity index (χ3n) is 3.57. The van der Waals surface area contributed by atoms with Gasteiger partial charge in [0.1, 0.15) is 16.5 Å². The summed E-state index contributed by atoms with van der Waals surface area (Å²) in [7, 11) is -3.76. The number of aromatic nitrogens is 3. The molecule has 1 aliphatic rings. The normalized spacial score (nSPS) is 18.2. The van der Waals surface area contributed by atoms with E-state index in [-0.39, 0.29) is 21.8 Å². The summed E-state index contributed by atoms with van der Waals surface area (Å²) >= 11 is 5.81. The molecule has 1 atom stereocenters. The molecule has 7 nitrogen and oxygen atoms in total. The van der Waals surface area contributed by atoms with Crippen LogP contribution >= 0.6 is 11.6 Å². The smallest absolute Gasteiger partial charge is 0.244 e. The molecule has 3 N–H and O–H groups in total. The molecule has 1 aliphatic heterocycles. The third kappa shape index (κ3) is 2.94. The number of halogens is 1. The number of anilines is 1. The molecule has 9 heteroatoms. The number of nitrogens with two attached hydrogens (primary N) is 1. The van der Waals surface area contributed by atoms with Crippen LogP contribution in [-0.2, 0) is 23.0 Å². The summed E-state index contributed by atoms with van der Waals surface area (Å²) in [5.74, 6) is 0.920. The van der Waals surface area contributed by atoms with E-state index >= 15 is 0 Å². The van der Waals surface area contributed by atoms with Gasteiger partial charge < -0.3 is 10.3 Å². The topological polar surface area (TPSA) is 103 Å². The van der Waals surface area contributed by atoms with E-state index in [1.807, 2.05) is 17.7 Å². The summed E-state index contributed by atoms with van der Waals surface area (Å²) < 4.78 is 29.6. The summed E-state index contributed by atoms with van der Waals surface area (Å²) in [5, 5.41) is 0.228. The van der Waals surface area contributed by atoms with Crippen molar-refractivity contribution in [3.63, 3.8) is 0 Å². The van der Waals surface area contributed by atoms with Gasteiger partial charge in [-0.15, -0.1) is 0 Å². The molecule has 0 saturated heterocycles. The predicted molar refractivity (Wildman–Crippen MR) is 83.1 cm³/mol. The second-order valence-electron chi connectivity index (χ2n) is 5.34. The number of aryl methyl sites for hydroxylation is 2. The highest BCUT2D eigenvalue weighted by Gasteiger charge is 2.26. The van der Waals surface area contributed by atoms with Crippen LogP contribution in [-0.4, -0.2) is 29.0 Å². The van der Waals surface area contributed by atoms with E-state index in [0.717, 1.165) is 17.9 Å². The maximum atomic E-state index is 12.5. The zero-order chi connectivity index (χ0) is 15.9. The fourth-order valence-corrected chi connectivity index (χ4v) is 4.20. The van der Waals surface area contributed by atoms with Crippen molar-refractivity contribution in [1.29, 1.82) is 0 Å². The Morgan fingerprint density at radius 2 is 2.27 bits per heavy atom. The number of imidazole rings is 1. The SMILES string of the molecule is Cc1cn2c(n1)CCC(NS(=O)(=O)c1cc(Cl)cnc1N)C2. The van der Waals surface area contributed by atoms with Gasteiger partial charge in [-0.2, -0.15) is 0 Å². The van der Waals surface area contributed by atoms with Crippen LogP contribution in [0, 0.1) is 6.92 Å². The number of nitrogen functional groups attached to an aromatic ring is 1. The van der Waals surface area contributed by atoms with E-state index in [4.69, 9.17) is 17.3 Å². The Hall–Kier alpha value is -1.64. The highest BCUT2D eigenvalue weighted by atomic mass is 35.5. The molecule has 0 aromatic carbocycles. The van der Waals surface area contributed by atoms with E-state index in [1.54, 1.807) is 0 Å². The lowest BCUT2D eigenvalue weighted by molar-refractivity contribution is 0.421. The van der Waals surface area contributed by atoms with E-state index < -0.39 is 10.0 Å². The maximum Gasteiger partial charge on any atom is 0.244 e. The number of rotatable bonds is 3. The zero-order valence-electron chi connectivity index (χ0n) is 12.0. The monoisotopic (exact) mass is 341 g/mol. The molecule has 0 radical (unpaired) electrons. The number of sulfonamides is 1. The molecule has 118 valence electrons. The van der Waals surface area contributed by atoms with Crippen LogP contribution in [0.1, 0.15) is 17.9 Å². The van der Waals surface area contributed by atoms with Gasteiger partial charge in [-0.3, -0.25) is 0 Å². The van der Waals surface area contributed by atoms with Crippen LogP contribution in [0.15, 0.2) is 23.4 Å². The first-order valence-corrected chi connectivity index (χ1v) is 8.67. The van der Waals surface area contributed by atoms with Crippen LogP contribution in [0.5, 0.6) is 0 Å². The Bertz CT molecular complexity index is 818. The van der Waals surface area contributed by atoms with E-state index in [1.165, 1.54) is 12.3 Å². The average Bonchev–Trinajstić information content (AvgIpc) is 2.80. The van der Waals surface area contributed by atoms with Crippen molar-refractivity contribution in [2.45, 2.75) is 37.2 Å². The lowest BCUT2D eigenvalue weighted by atomic mass is 10.1. The lowest BCUT2D eigenvalue weighted by Gasteiger charge is -2.24. The number of nitrogens with one attached hydrogen (secondary N) is 1. The van der Waals surface area contributed by atoms with Gasteiger partial charge in [-0.05, 0) is 19.4 Å². The van der Waals surface area contributed by atoms with Gasteiger partial charge in [0.15, 0.2) is 0 Å². The van der Waals surface area contributed by atoms with E-state index in [0.29, 0.717) is 13.0 Å². The van der Waals surface area contributed by atoms with Crippen LogP contribution in [0.2, 0.25) is 5.02 Å². The first kappa shape index (κ1) is 15.3. The molecule has 0 saturated carbocycles. The molecule has 0 spiro atoms. The average molecular weight is 342 g/mol. The lowest BCUT2D eigenvalue weighted by Crippen LogP contribution is -2.41. The fourth-order valence-electron chi connectivity index (χ4n) is 2.61. The Balaban J connectivity index is 1.82. The van der Waals surface area contributed by atoms with Crippen molar-refractivity contribution < 1.29 is 8.42 Å². The minimum Gasteiger partial charge on any atom is -0.383 e. The van der Waals surface area contributed by atoms with Gasteiger partial charge in [0.2, 0.25) is 10.0 Å². The van der Waals surface area contributed by atoms with Crippen molar-refractivity contribution in [3.8, 4) is 0 Å². The highest BCUT2D eigenvalue weighted by molar-refractivity contribution is 7.89. The molecule has 0 amide bonds. The Morgan fingerprint density at radius 1 is 1.50 bits per heavy atom. The van der Waals surface area contributed by atoms with Crippen molar-refractivity contribution >= 4 is 27.4 Å². The minimum atomic E-state index is -3.76. The van der Waals surface area contributed by atoms with Crippen molar-refractivity contribution in [2.24, 2.45) is 0 Å². The van der Waals surface area contributed by atoms with Gasteiger partial charge in [0.05, 0.1) is 10.7 Å². The van der Waals surface area contributed by atoms with Gasteiger partial charge >= 0.3 is 0 Å². The standard InChI is InChI=1S/C13H16ClN5O2S/c1-8-6-19-7-10(2-3-12(19)17-8)18-22(20,21)11-4-9(14)5-16-13(11)15/h4-6,10,18H,2-3,7H2,1H3,(H2,15,16). The summed E-state index contributed by atoms with van der Waals surface area (Å²) in [4.78, 5) is 8.10. The first-order chi connectivity index (χ1) is 10.3. The highest BCUT2D eigenvalue weighted by Crippen LogP contribution is 2.22. The Morgan fingerprint density at radius 3 is 3.05 bits per heavy atom. The second kappa shape index (κ2) is 5.53. The maximum absolute atomic E-state index is 12.5. The van der Waals surface area contributed by atoms with Crippen LogP contribution < -0.4 is 10.5 Å². The van der Waals surface area contributed by atoms with Crippen molar-refractivity contribution in [1.82, 2.24) is 19.3 Å². The molecular formula is C13H16ClN5O2S. The number of nitrogens with zero attached hydrogens (tertiary/aromatic N) is 3. The summed E-state index contributed by atoms with van der Waals surface area (Å²) in [5.41, 5.74) is 6.59. The van der Waals surface area contributed by atoms with E-state index in [2.05, 4.69) is 14.7 Å². The largest absolute Gasteiger partial charge is 0.383 e. The molecule has 0 fully saturated rings. The predicted octanol–water partition coefficient (Wildman–Crippen LogP) is 1.12. The molecule has 2 aromatic rings. The molecule has 0 aliphatic carbocycles. The molecule has 3 heterocycles. The van der Waals surface area contributed by atoms with Gasteiger partial charge in [0.25, 0.3) is 0 Å². The quantitative estimate of drug-likeness (QED) is 0.870. The van der Waals surface area contributed by atoms with Crippen LogP contribution in [0.3, 0.4) is 0 Å². The zero-order valence-corrected chi connectivity index (χ0v) is 13.5. The summed E-state index contributed by atoms with van der Waals surface area (Å²) in [6, 6.07) is 1.09. The minimum absolute atomic E-state index is 0.0631. The molecular weight excluding hydrogens is 326 g/mol. The van der Waals surface area contributed by atoms with Crippen LogP contribution in [0.4, 0.5) is 5.82 Å². The number of hydrogen-bond acceptors (Lipinski definition) is 5. The fraction of sp³-hybridized carbons (Fsp3) is 0.385. The van der Waals surface area contributed by atoms with Gasteiger partial charge in [0, 0.05) is 31.4 Å². The first-order valence-electron chi connectivity index (χ1n) is 6.81. The van der Waals surface area contributed by atoms with Crippen molar-refractivity contribution in [2.75, 3.05) is 5.73 Å². The van der Waals surface area contributed by atoms with Gasteiger partial charge in [-0.25, -0.2) is 23.1 Å². The second-order valence-corrected chi connectivity index (χ2v) is 7.46. The Labute approximate surface area is 133 Å². The molecule has 1 unspecified atom stereocenters. The molecule has 3 rings (SSSR count). The summed E-state index contributed by atoms with van der Waals surface area (Å²) in [6.07, 6.45) is 4.65. The Kier molecular flexibility index (Phi) is 3.84. The molecule has 2 aromatic heterocycles. The van der Waals surface area contributed by atoms with Crippen LogP contribution in [0.25, 0.3) is 0 Å².